The number of hydrogen-bond donors (Lipinski definition) is 2. The van der Waals surface area contributed by atoms with Crippen molar-refractivity contribution in [2.45, 2.75) is 25.6 Å². The van der Waals surface area contributed by atoms with Crippen LogP contribution < -0.4 is 10.9 Å². The lowest BCUT2D eigenvalue weighted by Crippen LogP contribution is -2.25. The van der Waals surface area contributed by atoms with E-state index in [1.807, 2.05) is 0 Å². The van der Waals surface area contributed by atoms with Gasteiger partial charge in [-0.1, -0.05) is 17.7 Å². The van der Waals surface area contributed by atoms with Crippen LogP contribution in [0.4, 0.5) is 23.2 Å². The first-order valence-electron chi connectivity index (χ1n) is 9.12. The van der Waals surface area contributed by atoms with Gasteiger partial charge in [0.25, 0.3) is 5.56 Å². The van der Waals surface area contributed by atoms with Crippen molar-refractivity contribution in [2.75, 3.05) is 11.9 Å². The van der Waals surface area contributed by atoms with E-state index in [2.05, 4.69) is 5.32 Å². The Kier molecular flexibility index (Phi) is 6.38. The molecule has 10 heteroatoms. The van der Waals surface area contributed by atoms with E-state index in [0.717, 1.165) is 6.07 Å². The number of hydrogen-bond acceptors (Lipinski definition) is 3. The molecule has 1 aromatic heterocycles. The Labute approximate surface area is 178 Å². The molecule has 31 heavy (non-hydrogen) atoms. The number of aromatic nitrogens is 1. The molecule has 0 aliphatic rings. The van der Waals surface area contributed by atoms with Crippen LogP contribution in [0.3, 0.4) is 0 Å². The standard InChI is InChI=1S/C21H17ClF4N2O3/c1-11(10-29)28-7-6-13-14(20(28)31)3-5-16(22)19(13)27-18(30)9-12-2-4-15(17(23)8-12)21(24,25)26/h2-8,11,29H,9-10H2,1H3,(H,27,30)/t11-/m0/s1. The summed E-state index contributed by atoms with van der Waals surface area (Å²) in [5.74, 6) is -2.12. The van der Waals surface area contributed by atoms with E-state index in [1.165, 1.54) is 22.9 Å². The summed E-state index contributed by atoms with van der Waals surface area (Å²) in [5.41, 5.74) is -1.62. The first kappa shape index (κ1) is 22.8. The fourth-order valence-corrected chi connectivity index (χ4v) is 3.36. The van der Waals surface area contributed by atoms with Crippen LogP contribution in [0, 0.1) is 5.82 Å². The van der Waals surface area contributed by atoms with Crippen molar-refractivity contribution < 1.29 is 27.5 Å². The van der Waals surface area contributed by atoms with E-state index >= 15 is 0 Å². The SMILES string of the molecule is C[C@@H](CO)n1ccc2c(NC(=O)Cc3ccc(C(F)(F)F)c(F)c3)c(Cl)ccc2c1=O. The number of aliphatic hydroxyl groups excluding tert-OH is 1. The third-order valence-corrected chi connectivity index (χ3v) is 5.08. The number of nitrogens with zero attached hydrogens (tertiary/aromatic N) is 1. The molecule has 2 N–H and O–H groups in total. The van der Waals surface area contributed by atoms with E-state index in [9.17, 15) is 32.3 Å². The van der Waals surface area contributed by atoms with Crippen LogP contribution in [0.5, 0.6) is 0 Å². The lowest BCUT2D eigenvalue weighted by Gasteiger charge is -2.15. The molecule has 0 radical (unpaired) electrons. The summed E-state index contributed by atoms with van der Waals surface area (Å²) in [4.78, 5) is 25.1. The van der Waals surface area contributed by atoms with E-state index in [4.69, 9.17) is 11.6 Å². The van der Waals surface area contributed by atoms with Crippen LogP contribution in [-0.4, -0.2) is 22.2 Å². The van der Waals surface area contributed by atoms with Gasteiger partial charge in [-0.3, -0.25) is 9.59 Å². The number of benzene rings is 2. The Hall–Kier alpha value is -2.91. The van der Waals surface area contributed by atoms with Gasteiger partial charge in [-0.2, -0.15) is 13.2 Å². The number of fused-ring (bicyclic) bond motifs is 1. The summed E-state index contributed by atoms with van der Waals surface area (Å²) in [6.07, 6.45) is -3.77. The van der Waals surface area contributed by atoms with Gasteiger partial charge >= 0.3 is 6.18 Å². The molecule has 1 heterocycles. The topological polar surface area (TPSA) is 71.3 Å². The van der Waals surface area contributed by atoms with E-state index in [-0.39, 0.29) is 28.3 Å². The summed E-state index contributed by atoms with van der Waals surface area (Å²) in [6, 6.07) is 6.26. The molecule has 5 nitrogen and oxygen atoms in total. The average molecular weight is 457 g/mol. The summed E-state index contributed by atoms with van der Waals surface area (Å²) in [5, 5.41) is 12.6. The van der Waals surface area contributed by atoms with E-state index < -0.39 is 41.5 Å². The van der Waals surface area contributed by atoms with Gasteiger partial charge in [0.2, 0.25) is 5.91 Å². The lowest BCUT2D eigenvalue weighted by atomic mass is 10.1. The summed E-state index contributed by atoms with van der Waals surface area (Å²) < 4.78 is 53.1. The van der Waals surface area contributed by atoms with Crippen molar-refractivity contribution in [1.29, 1.82) is 0 Å². The molecule has 3 rings (SSSR count). The second-order valence-corrected chi connectivity index (χ2v) is 7.39. The summed E-state index contributed by atoms with van der Waals surface area (Å²) in [7, 11) is 0. The van der Waals surface area contributed by atoms with Crippen molar-refractivity contribution in [3.63, 3.8) is 0 Å². The first-order valence-corrected chi connectivity index (χ1v) is 9.50. The van der Waals surface area contributed by atoms with Gasteiger partial charge in [0, 0.05) is 17.0 Å². The highest BCUT2D eigenvalue weighted by atomic mass is 35.5. The fourth-order valence-electron chi connectivity index (χ4n) is 3.14. The van der Waals surface area contributed by atoms with E-state index in [0.29, 0.717) is 17.5 Å². The Morgan fingerprint density at radius 1 is 1.19 bits per heavy atom. The highest BCUT2D eigenvalue weighted by molar-refractivity contribution is 6.35. The predicted molar refractivity (Wildman–Crippen MR) is 109 cm³/mol. The van der Waals surface area contributed by atoms with Crippen molar-refractivity contribution in [3.05, 3.63) is 74.9 Å². The number of pyridine rings is 1. The molecule has 3 aromatic rings. The minimum atomic E-state index is -4.83. The third kappa shape index (κ3) is 4.72. The lowest BCUT2D eigenvalue weighted by molar-refractivity contribution is -0.140. The molecule has 0 saturated heterocycles. The van der Waals surface area contributed by atoms with Crippen molar-refractivity contribution in [1.82, 2.24) is 4.57 Å². The zero-order valence-corrected chi connectivity index (χ0v) is 16.9. The highest BCUT2D eigenvalue weighted by Crippen LogP contribution is 2.32. The van der Waals surface area contributed by atoms with Crippen LogP contribution in [0.1, 0.15) is 24.1 Å². The van der Waals surface area contributed by atoms with Crippen LogP contribution in [0.15, 0.2) is 47.4 Å². The largest absolute Gasteiger partial charge is 0.419 e. The number of amides is 1. The number of carbonyl (C=O) groups excluding carboxylic acids is 1. The van der Waals surface area contributed by atoms with E-state index in [1.54, 1.807) is 13.0 Å². The van der Waals surface area contributed by atoms with Gasteiger partial charge in [0.15, 0.2) is 0 Å². The minimum absolute atomic E-state index is 0.0403. The number of aliphatic hydroxyl groups is 1. The molecule has 1 amide bonds. The number of rotatable bonds is 5. The normalized spacial score (nSPS) is 12.7. The molecule has 2 aromatic carbocycles. The molecule has 0 spiro atoms. The Balaban J connectivity index is 1.90. The third-order valence-electron chi connectivity index (χ3n) is 4.77. The number of alkyl halides is 3. The fraction of sp³-hybridized carbons (Fsp3) is 0.238. The molecule has 0 aliphatic heterocycles. The van der Waals surface area contributed by atoms with Crippen LogP contribution >= 0.6 is 11.6 Å². The smallest absolute Gasteiger partial charge is 0.394 e. The van der Waals surface area contributed by atoms with Gasteiger partial charge < -0.3 is 15.0 Å². The average Bonchev–Trinajstić information content (AvgIpc) is 2.69. The number of carbonyl (C=O) groups is 1. The Morgan fingerprint density at radius 3 is 2.52 bits per heavy atom. The number of anilines is 1. The van der Waals surface area contributed by atoms with Crippen LogP contribution in [-0.2, 0) is 17.4 Å². The Morgan fingerprint density at radius 2 is 1.90 bits per heavy atom. The molecule has 0 unspecified atom stereocenters. The second kappa shape index (κ2) is 8.68. The van der Waals surface area contributed by atoms with Gasteiger partial charge in [0.1, 0.15) is 5.82 Å². The van der Waals surface area contributed by atoms with Gasteiger partial charge in [-0.15, -0.1) is 0 Å². The first-order chi connectivity index (χ1) is 14.5. The number of halogens is 5. The van der Waals surface area contributed by atoms with Crippen LogP contribution in [0.2, 0.25) is 5.02 Å². The molecular weight excluding hydrogens is 440 g/mol. The zero-order valence-electron chi connectivity index (χ0n) is 16.1. The maximum Gasteiger partial charge on any atom is 0.419 e. The second-order valence-electron chi connectivity index (χ2n) is 6.98. The van der Waals surface area contributed by atoms with Crippen LogP contribution in [0.25, 0.3) is 10.8 Å². The van der Waals surface area contributed by atoms with Crippen molar-refractivity contribution >= 4 is 34.0 Å². The molecule has 1 atom stereocenters. The van der Waals surface area contributed by atoms with Gasteiger partial charge in [0.05, 0.1) is 35.3 Å². The maximum atomic E-state index is 13.7. The van der Waals surface area contributed by atoms with Gasteiger partial charge in [-0.25, -0.2) is 4.39 Å². The molecule has 0 saturated carbocycles. The minimum Gasteiger partial charge on any atom is -0.394 e. The molecule has 164 valence electrons. The number of nitrogens with one attached hydrogen (secondary N) is 1. The van der Waals surface area contributed by atoms with Crippen molar-refractivity contribution in [3.8, 4) is 0 Å². The molecule has 0 fully saturated rings. The highest BCUT2D eigenvalue weighted by Gasteiger charge is 2.34. The van der Waals surface area contributed by atoms with Crippen molar-refractivity contribution in [2.24, 2.45) is 0 Å². The summed E-state index contributed by atoms with van der Waals surface area (Å²) in [6.45, 7) is 1.42. The monoisotopic (exact) mass is 456 g/mol. The maximum absolute atomic E-state index is 13.7. The Bertz CT molecular complexity index is 1210. The predicted octanol–water partition coefficient (Wildman–Crippen LogP) is 4.55. The van der Waals surface area contributed by atoms with Gasteiger partial charge in [-0.05, 0) is 42.8 Å². The zero-order chi connectivity index (χ0) is 22.9. The molecule has 0 aliphatic carbocycles. The summed E-state index contributed by atoms with van der Waals surface area (Å²) >= 11 is 6.18. The molecular formula is C21H17ClF4N2O3. The molecule has 0 bridgehead atoms. The quantitative estimate of drug-likeness (QED) is 0.553.